The number of nitrogens with one attached hydrogen (secondary N) is 1. The lowest BCUT2D eigenvalue weighted by atomic mass is 9.94. The van der Waals surface area contributed by atoms with Crippen LogP contribution < -0.4 is 15.0 Å². The topological polar surface area (TPSA) is 80.5 Å². The number of aryl methyl sites for hydroxylation is 1. The Labute approximate surface area is 197 Å². The maximum Gasteiger partial charge on any atom is 0.326 e. The second-order valence-corrected chi connectivity index (χ2v) is 8.11. The summed E-state index contributed by atoms with van der Waals surface area (Å²) in [7, 11) is 1.62. The molecule has 0 saturated carbocycles. The van der Waals surface area contributed by atoms with Crippen molar-refractivity contribution in [3.05, 3.63) is 102 Å². The number of methoxy groups -OCH3 is 1. The SMILES string of the molecule is COc1ccc(C2NC(=O)N(c3ccc(C)cc3)C(C)=C2c2nc(-c3ccccc3)no2)cc1. The van der Waals surface area contributed by atoms with E-state index in [1.165, 1.54) is 0 Å². The van der Waals surface area contributed by atoms with Gasteiger partial charge in [0.05, 0.1) is 24.4 Å². The Bertz CT molecular complexity index is 1340. The first-order valence-electron chi connectivity index (χ1n) is 11.0. The first-order chi connectivity index (χ1) is 16.5. The van der Waals surface area contributed by atoms with Crippen LogP contribution in [0.1, 0.15) is 30.0 Å². The van der Waals surface area contributed by atoms with Gasteiger partial charge in [-0.1, -0.05) is 65.3 Å². The molecule has 1 aliphatic heterocycles. The normalized spacial score (nSPS) is 15.9. The van der Waals surface area contributed by atoms with E-state index in [1.807, 2.05) is 92.7 Å². The first kappa shape index (κ1) is 21.5. The summed E-state index contributed by atoms with van der Waals surface area (Å²) < 4.78 is 11.0. The molecule has 4 aromatic rings. The van der Waals surface area contributed by atoms with E-state index in [1.54, 1.807) is 12.0 Å². The summed E-state index contributed by atoms with van der Waals surface area (Å²) in [5.41, 5.74) is 5.06. The van der Waals surface area contributed by atoms with Crippen LogP contribution in [0, 0.1) is 6.92 Å². The summed E-state index contributed by atoms with van der Waals surface area (Å²) in [6.45, 7) is 3.91. The minimum Gasteiger partial charge on any atom is -0.497 e. The van der Waals surface area contributed by atoms with Gasteiger partial charge >= 0.3 is 6.03 Å². The van der Waals surface area contributed by atoms with E-state index in [2.05, 4.69) is 10.5 Å². The maximum absolute atomic E-state index is 13.3. The van der Waals surface area contributed by atoms with Gasteiger partial charge in [-0.25, -0.2) is 4.79 Å². The third-order valence-electron chi connectivity index (χ3n) is 5.91. The minimum absolute atomic E-state index is 0.228. The van der Waals surface area contributed by atoms with Gasteiger partial charge in [0.15, 0.2) is 0 Å². The first-order valence-corrected chi connectivity index (χ1v) is 11.0. The molecule has 7 nitrogen and oxygen atoms in total. The van der Waals surface area contributed by atoms with Gasteiger partial charge in [0.25, 0.3) is 5.89 Å². The summed E-state index contributed by atoms with van der Waals surface area (Å²) >= 11 is 0. The van der Waals surface area contributed by atoms with Gasteiger partial charge in [0.1, 0.15) is 5.75 Å². The van der Waals surface area contributed by atoms with E-state index < -0.39 is 6.04 Å². The van der Waals surface area contributed by atoms with Crippen LogP contribution in [0.25, 0.3) is 17.0 Å². The molecule has 170 valence electrons. The monoisotopic (exact) mass is 452 g/mol. The highest BCUT2D eigenvalue weighted by molar-refractivity contribution is 6.01. The zero-order chi connectivity index (χ0) is 23.7. The second kappa shape index (κ2) is 8.86. The molecule has 2 heterocycles. The van der Waals surface area contributed by atoms with Crippen molar-refractivity contribution in [3.8, 4) is 17.1 Å². The number of anilines is 1. The Morgan fingerprint density at radius 1 is 0.941 bits per heavy atom. The minimum atomic E-state index is -0.468. The highest BCUT2D eigenvalue weighted by atomic mass is 16.5. The predicted molar refractivity (Wildman–Crippen MR) is 130 cm³/mol. The number of amides is 2. The van der Waals surface area contributed by atoms with Crippen LogP contribution in [-0.4, -0.2) is 23.3 Å². The molecule has 1 aromatic heterocycles. The van der Waals surface area contributed by atoms with E-state index in [-0.39, 0.29) is 6.03 Å². The van der Waals surface area contributed by atoms with Gasteiger partial charge in [-0.15, -0.1) is 0 Å². The largest absolute Gasteiger partial charge is 0.497 e. The molecule has 0 aliphatic carbocycles. The van der Waals surface area contributed by atoms with Gasteiger partial charge < -0.3 is 14.6 Å². The predicted octanol–water partition coefficient (Wildman–Crippen LogP) is 5.76. The fourth-order valence-corrected chi connectivity index (χ4v) is 4.11. The van der Waals surface area contributed by atoms with Crippen LogP contribution in [0.3, 0.4) is 0 Å². The number of carbonyl (C=O) groups excluding carboxylic acids is 1. The molecule has 5 rings (SSSR count). The van der Waals surface area contributed by atoms with Crippen molar-refractivity contribution in [2.75, 3.05) is 12.0 Å². The summed E-state index contributed by atoms with van der Waals surface area (Å²) in [6.07, 6.45) is 0. The van der Waals surface area contributed by atoms with Crippen molar-refractivity contribution in [1.82, 2.24) is 15.5 Å². The molecule has 0 saturated heterocycles. The molecule has 2 amide bonds. The number of aromatic nitrogens is 2. The van der Waals surface area contributed by atoms with Gasteiger partial charge in [-0.3, -0.25) is 4.90 Å². The zero-order valence-electron chi connectivity index (χ0n) is 19.1. The summed E-state index contributed by atoms with van der Waals surface area (Å²) in [5, 5.41) is 7.33. The molecular formula is C27H24N4O3. The Kier molecular flexibility index (Phi) is 5.59. The third kappa shape index (κ3) is 3.92. The fraction of sp³-hybridized carbons (Fsp3) is 0.148. The molecule has 1 unspecified atom stereocenters. The van der Waals surface area contributed by atoms with Crippen LogP contribution in [0.15, 0.2) is 89.1 Å². The smallest absolute Gasteiger partial charge is 0.326 e. The number of rotatable bonds is 5. The third-order valence-corrected chi connectivity index (χ3v) is 5.91. The number of allylic oxidation sites excluding steroid dienone is 1. The van der Waals surface area contributed by atoms with Crippen LogP contribution in [0.4, 0.5) is 10.5 Å². The van der Waals surface area contributed by atoms with E-state index in [0.29, 0.717) is 11.7 Å². The quantitative estimate of drug-likeness (QED) is 0.417. The highest BCUT2D eigenvalue weighted by Gasteiger charge is 2.36. The number of benzene rings is 3. The molecule has 1 aliphatic rings. The fourth-order valence-electron chi connectivity index (χ4n) is 4.11. The number of ether oxygens (including phenoxy) is 1. The van der Waals surface area contributed by atoms with Gasteiger partial charge in [0, 0.05) is 11.3 Å². The van der Waals surface area contributed by atoms with Crippen molar-refractivity contribution in [2.45, 2.75) is 19.9 Å². The van der Waals surface area contributed by atoms with Gasteiger partial charge in [-0.05, 0) is 43.7 Å². The van der Waals surface area contributed by atoms with Crippen LogP contribution in [0.5, 0.6) is 5.75 Å². The number of hydrogen-bond acceptors (Lipinski definition) is 5. The Morgan fingerprint density at radius 3 is 2.32 bits per heavy atom. The van der Waals surface area contributed by atoms with E-state index >= 15 is 0 Å². The number of carbonyl (C=O) groups is 1. The zero-order valence-corrected chi connectivity index (χ0v) is 19.1. The Hall–Kier alpha value is -4.39. The van der Waals surface area contributed by atoms with Crippen LogP contribution in [0.2, 0.25) is 0 Å². The average Bonchev–Trinajstić information content (AvgIpc) is 3.35. The van der Waals surface area contributed by atoms with Crippen molar-refractivity contribution in [1.29, 1.82) is 0 Å². The van der Waals surface area contributed by atoms with Crippen molar-refractivity contribution in [2.24, 2.45) is 0 Å². The van der Waals surface area contributed by atoms with E-state index in [0.717, 1.165) is 39.4 Å². The van der Waals surface area contributed by atoms with Gasteiger partial charge in [0.2, 0.25) is 5.82 Å². The molecule has 0 radical (unpaired) electrons. The van der Waals surface area contributed by atoms with E-state index in [9.17, 15) is 4.79 Å². The van der Waals surface area contributed by atoms with Crippen molar-refractivity contribution < 1.29 is 14.1 Å². The molecule has 7 heteroatoms. The maximum atomic E-state index is 13.3. The Morgan fingerprint density at radius 2 is 1.65 bits per heavy atom. The lowest BCUT2D eigenvalue weighted by Crippen LogP contribution is -2.46. The summed E-state index contributed by atoms with van der Waals surface area (Å²) in [5.74, 6) is 1.58. The average molecular weight is 453 g/mol. The Balaban J connectivity index is 1.64. The molecule has 0 fully saturated rings. The molecule has 1 N–H and O–H groups in total. The molecule has 0 spiro atoms. The van der Waals surface area contributed by atoms with E-state index in [4.69, 9.17) is 14.2 Å². The molecule has 34 heavy (non-hydrogen) atoms. The molecule has 1 atom stereocenters. The van der Waals surface area contributed by atoms with Crippen LogP contribution >= 0.6 is 0 Å². The van der Waals surface area contributed by atoms with Crippen molar-refractivity contribution >= 4 is 17.3 Å². The number of urea groups is 1. The lowest BCUT2D eigenvalue weighted by Gasteiger charge is -2.35. The number of hydrogen-bond donors (Lipinski definition) is 1. The lowest BCUT2D eigenvalue weighted by molar-refractivity contribution is 0.244. The van der Waals surface area contributed by atoms with Gasteiger partial charge in [-0.2, -0.15) is 4.98 Å². The highest BCUT2D eigenvalue weighted by Crippen LogP contribution is 2.39. The van der Waals surface area contributed by atoms with Crippen molar-refractivity contribution in [3.63, 3.8) is 0 Å². The number of nitrogens with zero attached hydrogens (tertiary/aromatic N) is 3. The summed E-state index contributed by atoms with van der Waals surface area (Å²) in [4.78, 5) is 19.6. The molecular weight excluding hydrogens is 428 g/mol. The van der Waals surface area contributed by atoms with Crippen LogP contribution in [-0.2, 0) is 0 Å². The summed E-state index contributed by atoms with van der Waals surface area (Å²) in [6, 6.07) is 24.3. The second-order valence-electron chi connectivity index (χ2n) is 8.11. The molecule has 3 aromatic carbocycles. The standard InChI is InChI=1S/C27H24N4O3/c1-17-9-13-21(14-10-17)31-18(2)23(26-29-25(30-34-26)20-7-5-4-6-8-20)24(28-27(31)32)19-11-15-22(33-3)16-12-19/h4-16,24H,1-3H3,(H,28,32). The molecule has 0 bridgehead atoms.